The maximum atomic E-state index is 5.91. The van der Waals surface area contributed by atoms with Crippen molar-refractivity contribution in [1.82, 2.24) is 15.0 Å². The Kier molecular flexibility index (Phi) is 4.24. The highest BCUT2D eigenvalue weighted by molar-refractivity contribution is 6.28. The average Bonchev–Trinajstić information content (AvgIpc) is 3.28. The summed E-state index contributed by atoms with van der Waals surface area (Å²) in [5.41, 5.74) is 0. The number of hydrogen-bond acceptors (Lipinski definition) is 5. The summed E-state index contributed by atoms with van der Waals surface area (Å²) in [7, 11) is 0. The van der Waals surface area contributed by atoms with Crippen molar-refractivity contribution in [2.24, 2.45) is 17.8 Å². The summed E-state index contributed by atoms with van der Waals surface area (Å²) in [6.07, 6.45) is 6.44. The number of ether oxygens (including phenoxy) is 1. The molecule has 0 amide bonds. The van der Waals surface area contributed by atoms with E-state index in [0.29, 0.717) is 18.6 Å². The fourth-order valence-corrected chi connectivity index (χ4v) is 2.80. The zero-order chi connectivity index (χ0) is 13.9. The second-order valence-electron chi connectivity index (χ2n) is 5.78. The van der Waals surface area contributed by atoms with Crippen molar-refractivity contribution in [1.29, 1.82) is 0 Å². The lowest BCUT2D eigenvalue weighted by Crippen LogP contribution is -2.19. The van der Waals surface area contributed by atoms with Crippen molar-refractivity contribution < 1.29 is 4.74 Å². The number of nitrogens with one attached hydrogen (secondary N) is 1. The van der Waals surface area contributed by atoms with Crippen LogP contribution in [0.1, 0.15) is 39.0 Å². The summed E-state index contributed by atoms with van der Waals surface area (Å²) < 4.78 is 5.42. The minimum atomic E-state index is 0.183. The van der Waals surface area contributed by atoms with E-state index in [1.807, 2.05) is 6.92 Å². The first kappa shape index (κ1) is 13.9. The molecule has 1 aromatic heterocycles. The van der Waals surface area contributed by atoms with E-state index in [2.05, 4.69) is 20.3 Å². The first-order valence-electron chi connectivity index (χ1n) is 7.54. The van der Waals surface area contributed by atoms with Gasteiger partial charge in [-0.3, -0.25) is 0 Å². The van der Waals surface area contributed by atoms with Crippen molar-refractivity contribution in [2.75, 3.05) is 18.5 Å². The Balaban J connectivity index is 1.59. The standard InChI is InChI=1S/C14H21ClN4O/c1-2-7-20-14-18-12(15)17-13(19-14)16-8-11(9-3-4-9)10-5-6-10/h9-11H,2-8H2,1H3,(H,16,17,18,19). The van der Waals surface area contributed by atoms with Gasteiger partial charge in [-0.15, -0.1) is 0 Å². The van der Waals surface area contributed by atoms with Gasteiger partial charge in [0.2, 0.25) is 11.2 Å². The fraction of sp³-hybridized carbons (Fsp3) is 0.786. The van der Waals surface area contributed by atoms with Crippen LogP contribution in [-0.4, -0.2) is 28.1 Å². The summed E-state index contributed by atoms with van der Waals surface area (Å²) >= 11 is 5.91. The van der Waals surface area contributed by atoms with E-state index < -0.39 is 0 Å². The molecule has 2 fully saturated rings. The Morgan fingerprint density at radius 3 is 2.50 bits per heavy atom. The highest BCUT2D eigenvalue weighted by atomic mass is 35.5. The molecule has 0 bridgehead atoms. The third-order valence-corrected chi connectivity index (χ3v) is 4.14. The molecule has 0 unspecified atom stereocenters. The summed E-state index contributed by atoms with van der Waals surface area (Å²) in [5, 5.41) is 3.50. The number of aromatic nitrogens is 3. The van der Waals surface area contributed by atoms with Crippen LogP contribution < -0.4 is 10.1 Å². The van der Waals surface area contributed by atoms with Gasteiger partial charge in [-0.1, -0.05) is 6.92 Å². The summed E-state index contributed by atoms with van der Waals surface area (Å²) in [5.74, 6) is 3.11. The normalized spacial score (nSPS) is 18.4. The molecule has 2 aliphatic carbocycles. The highest BCUT2D eigenvalue weighted by Crippen LogP contribution is 2.49. The van der Waals surface area contributed by atoms with E-state index in [1.165, 1.54) is 25.7 Å². The first-order chi connectivity index (χ1) is 9.76. The van der Waals surface area contributed by atoms with Gasteiger partial charge in [0.05, 0.1) is 6.61 Å². The van der Waals surface area contributed by atoms with Gasteiger partial charge in [0, 0.05) is 6.54 Å². The molecule has 0 aromatic carbocycles. The second-order valence-corrected chi connectivity index (χ2v) is 6.12. The van der Waals surface area contributed by atoms with Crippen LogP contribution in [-0.2, 0) is 0 Å². The predicted octanol–water partition coefficient (Wildman–Crippen LogP) is 3.16. The SMILES string of the molecule is CCCOc1nc(Cl)nc(NCC(C2CC2)C2CC2)n1. The summed E-state index contributed by atoms with van der Waals surface area (Å²) in [6.45, 7) is 3.56. The van der Waals surface area contributed by atoms with Gasteiger partial charge >= 0.3 is 6.01 Å². The molecule has 0 radical (unpaired) electrons. The molecular weight excluding hydrogens is 276 g/mol. The van der Waals surface area contributed by atoms with E-state index in [-0.39, 0.29) is 5.28 Å². The van der Waals surface area contributed by atoms with Gasteiger partial charge in [0.25, 0.3) is 0 Å². The minimum absolute atomic E-state index is 0.183. The van der Waals surface area contributed by atoms with Crippen LogP contribution in [0.3, 0.4) is 0 Å². The molecule has 6 heteroatoms. The molecular formula is C14H21ClN4O. The van der Waals surface area contributed by atoms with Crippen LogP contribution in [0.5, 0.6) is 6.01 Å². The topological polar surface area (TPSA) is 59.9 Å². The molecule has 5 nitrogen and oxygen atoms in total. The second kappa shape index (κ2) is 6.12. The van der Waals surface area contributed by atoms with Gasteiger partial charge in [-0.2, -0.15) is 15.0 Å². The smallest absolute Gasteiger partial charge is 0.322 e. The molecule has 0 atom stereocenters. The van der Waals surface area contributed by atoms with Crippen molar-refractivity contribution >= 4 is 17.5 Å². The number of hydrogen-bond donors (Lipinski definition) is 1. The third-order valence-electron chi connectivity index (χ3n) is 3.97. The van der Waals surface area contributed by atoms with Crippen molar-refractivity contribution in [3.05, 3.63) is 5.28 Å². The largest absolute Gasteiger partial charge is 0.463 e. The van der Waals surface area contributed by atoms with Crippen LogP contribution in [0.15, 0.2) is 0 Å². The molecule has 0 aliphatic heterocycles. The van der Waals surface area contributed by atoms with Crippen LogP contribution in [0.4, 0.5) is 5.95 Å². The van der Waals surface area contributed by atoms with Crippen LogP contribution >= 0.6 is 11.6 Å². The van der Waals surface area contributed by atoms with Crippen molar-refractivity contribution in [3.8, 4) is 6.01 Å². The Morgan fingerprint density at radius 2 is 1.90 bits per heavy atom. The van der Waals surface area contributed by atoms with Crippen LogP contribution in [0.25, 0.3) is 0 Å². The highest BCUT2D eigenvalue weighted by Gasteiger charge is 2.41. The summed E-state index contributed by atoms with van der Waals surface area (Å²) in [4.78, 5) is 12.4. The van der Waals surface area contributed by atoms with E-state index in [0.717, 1.165) is 30.7 Å². The number of halogens is 1. The molecule has 0 spiro atoms. The summed E-state index contributed by atoms with van der Waals surface area (Å²) in [6, 6.07) is 0.309. The first-order valence-corrected chi connectivity index (χ1v) is 7.92. The molecule has 1 heterocycles. The van der Waals surface area contributed by atoms with Crippen LogP contribution in [0.2, 0.25) is 5.28 Å². The molecule has 2 saturated carbocycles. The Labute approximate surface area is 124 Å². The Morgan fingerprint density at radius 1 is 1.20 bits per heavy atom. The van der Waals surface area contributed by atoms with Crippen LogP contribution in [0, 0.1) is 17.8 Å². The molecule has 0 saturated heterocycles. The van der Waals surface area contributed by atoms with E-state index in [4.69, 9.17) is 16.3 Å². The lowest BCUT2D eigenvalue weighted by atomic mass is 9.98. The lowest BCUT2D eigenvalue weighted by molar-refractivity contribution is 0.291. The molecule has 3 rings (SSSR count). The van der Waals surface area contributed by atoms with Gasteiger partial charge in [-0.25, -0.2) is 0 Å². The van der Waals surface area contributed by atoms with Gasteiger partial charge in [0.1, 0.15) is 0 Å². The zero-order valence-corrected chi connectivity index (χ0v) is 12.6. The van der Waals surface area contributed by atoms with Gasteiger partial charge < -0.3 is 10.1 Å². The van der Waals surface area contributed by atoms with E-state index in [9.17, 15) is 0 Å². The Bertz CT molecular complexity index is 450. The zero-order valence-electron chi connectivity index (χ0n) is 11.8. The van der Waals surface area contributed by atoms with Gasteiger partial charge in [0.15, 0.2) is 0 Å². The number of nitrogens with zero attached hydrogens (tertiary/aromatic N) is 3. The predicted molar refractivity (Wildman–Crippen MR) is 78.1 cm³/mol. The van der Waals surface area contributed by atoms with Gasteiger partial charge in [-0.05, 0) is 61.5 Å². The molecule has 20 heavy (non-hydrogen) atoms. The lowest BCUT2D eigenvalue weighted by Gasteiger charge is -2.16. The molecule has 2 aliphatic rings. The number of rotatable bonds is 8. The monoisotopic (exact) mass is 296 g/mol. The minimum Gasteiger partial charge on any atom is -0.463 e. The third kappa shape index (κ3) is 3.72. The molecule has 1 N–H and O–H groups in total. The molecule has 110 valence electrons. The molecule has 1 aromatic rings. The Hall–Kier alpha value is -1.10. The maximum Gasteiger partial charge on any atom is 0.322 e. The number of anilines is 1. The van der Waals surface area contributed by atoms with Crippen molar-refractivity contribution in [2.45, 2.75) is 39.0 Å². The quantitative estimate of drug-likeness (QED) is 0.798. The average molecular weight is 297 g/mol. The fourth-order valence-electron chi connectivity index (χ4n) is 2.64. The van der Waals surface area contributed by atoms with Crippen molar-refractivity contribution in [3.63, 3.8) is 0 Å². The van der Waals surface area contributed by atoms with E-state index in [1.54, 1.807) is 0 Å². The maximum absolute atomic E-state index is 5.91. The van der Waals surface area contributed by atoms with E-state index >= 15 is 0 Å².